The molecule has 1 unspecified atom stereocenters. The van der Waals surface area contributed by atoms with Gasteiger partial charge < -0.3 is 14.2 Å². The Morgan fingerprint density at radius 1 is 1.04 bits per heavy atom. The second kappa shape index (κ2) is 7.51. The van der Waals surface area contributed by atoms with Crippen molar-refractivity contribution in [1.82, 2.24) is 0 Å². The summed E-state index contributed by atoms with van der Waals surface area (Å²) in [6.45, 7) is 1.79. The molecule has 1 aliphatic carbocycles. The molecule has 0 amide bonds. The van der Waals surface area contributed by atoms with Crippen LogP contribution in [0.1, 0.15) is 30.1 Å². The zero-order valence-corrected chi connectivity index (χ0v) is 14.8. The number of Topliss-reactive ketones (excluding diaryl/α,β-unsaturated/α-hetero) is 1. The summed E-state index contributed by atoms with van der Waals surface area (Å²) in [5.74, 6) is -1.43. The van der Waals surface area contributed by atoms with E-state index in [2.05, 4.69) is 0 Å². The van der Waals surface area contributed by atoms with E-state index in [0.717, 1.165) is 5.57 Å². The minimum atomic E-state index is -1.47. The highest BCUT2D eigenvalue weighted by Crippen LogP contribution is 2.48. The second-order valence-corrected chi connectivity index (χ2v) is 5.96. The van der Waals surface area contributed by atoms with Gasteiger partial charge in [-0.05, 0) is 44.0 Å². The van der Waals surface area contributed by atoms with Crippen molar-refractivity contribution in [2.24, 2.45) is 11.3 Å². The van der Waals surface area contributed by atoms with E-state index in [-0.39, 0.29) is 18.6 Å². The molecule has 1 atom stereocenters. The number of esters is 2. The number of rotatable bonds is 5. The first-order chi connectivity index (χ1) is 11.9. The van der Waals surface area contributed by atoms with Gasteiger partial charge in [0, 0.05) is 11.5 Å². The van der Waals surface area contributed by atoms with Gasteiger partial charge in [0.1, 0.15) is 5.75 Å². The molecule has 0 aromatic heterocycles. The Balaban J connectivity index is 2.38. The average Bonchev–Trinajstić information content (AvgIpc) is 3.07. The molecule has 2 rings (SSSR count). The molecule has 0 aliphatic heterocycles. The van der Waals surface area contributed by atoms with Crippen molar-refractivity contribution in [2.45, 2.75) is 19.8 Å². The first-order valence-corrected chi connectivity index (χ1v) is 7.93. The van der Waals surface area contributed by atoms with Crippen LogP contribution < -0.4 is 4.74 Å². The SMILES string of the molecule is C/C=C1\CC(C(=O)OC)(C(=O)OC)CC1C(=O)c1ccc(OC)cc1. The van der Waals surface area contributed by atoms with Gasteiger partial charge in [0.2, 0.25) is 0 Å². The molecule has 6 nitrogen and oxygen atoms in total. The molecular formula is C19H22O6. The van der Waals surface area contributed by atoms with E-state index in [4.69, 9.17) is 14.2 Å². The lowest BCUT2D eigenvalue weighted by Gasteiger charge is -2.22. The summed E-state index contributed by atoms with van der Waals surface area (Å²) < 4.78 is 14.7. The lowest BCUT2D eigenvalue weighted by molar-refractivity contribution is -0.168. The van der Waals surface area contributed by atoms with Crippen LogP contribution in [0.3, 0.4) is 0 Å². The highest BCUT2D eigenvalue weighted by Gasteiger charge is 2.56. The van der Waals surface area contributed by atoms with Crippen molar-refractivity contribution >= 4 is 17.7 Å². The van der Waals surface area contributed by atoms with Crippen LogP contribution in [-0.4, -0.2) is 39.1 Å². The lowest BCUT2D eigenvalue weighted by Crippen LogP contribution is -2.39. The van der Waals surface area contributed by atoms with Crippen molar-refractivity contribution < 1.29 is 28.6 Å². The first-order valence-electron chi connectivity index (χ1n) is 7.93. The van der Waals surface area contributed by atoms with Crippen LogP contribution >= 0.6 is 0 Å². The van der Waals surface area contributed by atoms with Gasteiger partial charge in [0.25, 0.3) is 0 Å². The van der Waals surface area contributed by atoms with Crippen LogP contribution in [0, 0.1) is 11.3 Å². The molecule has 134 valence electrons. The summed E-state index contributed by atoms with van der Waals surface area (Å²) in [5.41, 5.74) is -0.245. The largest absolute Gasteiger partial charge is 0.497 e. The van der Waals surface area contributed by atoms with Gasteiger partial charge >= 0.3 is 11.9 Å². The zero-order chi connectivity index (χ0) is 18.6. The van der Waals surface area contributed by atoms with Gasteiger partial charge in [0.15, 0.2) is 11.2 Å². The third-order valence-electron chi connectivity index (χ3n) is 4.72. The molecular weight excluding hydrogens is 324 g/mol. The van der Waals surface area contributed by atoms with Gasteiger partial charge in [-0.25, -0.2) is 0 Å². The number of ether oxygens (including phenoxy) is 3. The first kappa shape index (κ1) is 18.7. The van der Waals surface area contributed by atoms with Crippen molar-refractivity contribution in [3.63, 3.8) is 0 Å². The van der Waals surface area contributed by atoms with Crippen LogP contribution in [0.2, 0.25) is 0 Å². The van der Waals surface area contributed by atoms with Crippen molar-refractivity contribution in [1.29, 1.82) is 0 Å². The Hall–Kier alpha value is -2.63. The topological polar surface area (TPSA) is 78.9 Å². The molecule has 1 aromatic carbocycles. The molecule has 0 heterocycles. The van der Waals surface area contributed by atoms with E-state index in [1.807, 2.05) is 0 Å². The summed E-state index contributed by atoms with van der Waals surface area (Å²) in [6.07, 6.45) is 1.94. The fraction of sp³-hybridized carbons (Fsp3) is 0.421. The third kappa shape index (κ3) is 3.29. The number of hydrogen-bond acceptors (Lipinski definition) is 6. The Morgan fingerprint density at radius 3 is 2.04 bits per heavy atom. The number of carbonyl (C=O) groups is 3. The number of benzene rings is 1. The monoisotopic (exact) mass is 346 g/mol. The summed E-state index contributed by atoms with van der Waals surface area (Å²) in [6, 6.07) is 6.74. The van der Waals surface area contributed by atoms with Gasteiger partial charge in [0.05, 0.1) is 21.3 Å². The minimum absolute atomic E-state index is 0.0386. The average molecular weight is 346 g/mol. The number of hydrogen-bond donors (Lipinski definition) is 0. The van der Waals surface area contributed by atoms with Crippen molar-refractivity contribution in [3.05, 3.63) is 41.5 Å². The fourth-order valence-corrected chi connectivity index (χ4v) is 3.33. The van der Waals surface area contributed by atoms with E-state index in [1.165, 1.54) is 14.2 Å². The molecule has 1 saturated carbocycles. The minimum Gasteiger partial charge on any atom is -0.497 e. The summed E-state index contributed by atoms with van der Waals surface area (Å²) in [4.78, 5) is 37.6. The molecule has 1 aromatic rings. The Labute approximate surface area is 146 Å². The third-order valence-corrected chi connectivity index (χ3v) is 4.72. The maximum atomic E-state index is 12.9. The number of carbonyl (C=O) groups excluding carboxylic acids is 3. The molecule has 1 fully saturated rings. The van der Waals surface area contributed by atoms with Crippen molar-refractivity contribution in [3.8, 4) is 5.75 Å². The van der Waals surface area contributed by atoms with Crippen molar-refractivity contribution in [2.75, 3.05) is 21.3 Å². The van der Waals surface area contributed by atoms with Crippen LogP contribution in [0.25, 0.3) is 0 Å². The van der Waals surface area contributed by atoms with E-state index >= 15 is 0 Å². The van der Waals surface area contributed by atoms with Crippen LogP contribution in [0.5, 0.6) is 5.75 Å². The molecule has 0 bridgehead atoms. The number of allylic oxidation sites excluding steroid dienone is 2. The summed E-state index contributed by atoms with van der Waals surface area (Å²) in [7, 11) is 3.99. The highest BCUT2D eigenvalue weighted by atomic mass is 16.5. The number of methoxy groups -OCH3 is 3. The van der Waals surface area contributed by atoms with E-state index in [9.17, 15) is 14.4 Å². The molecule has 0 N–H and O–H groups in total. The maximum Gasteiger partial charge on any atom is 0.323 e. The van der Waals surface area contributed by atoms with Crippen LogP contribution in [0.4, 0.5) is 0 Å². The van der Waals surface area contributed by atoms with Gasteiger partial charge in [-0.3, -0.25) is 14.4 Å². The Morgan fingerprint density at radius 2 is 1.60 bits per heavy atom. The molecule has 1 aliphatic rings. The van der Waals surface area contributed by atoms with Crippen LogP contribution in [-0.2, 0) is 19.1 Å². The standard InChI is InChI=1S/C19H22O6/c1-5-12-10-19(17(21)24-3,18(22)25-4)11-15(12)16(20)13-6-8-14(23-2)9-7-13/h5-9,15H,10-11H2,1-4H3/b12-5+. The lowest BCUT2D eigenvalue weighted by atomic mass is 9.84. The number of ketones is 1. The quantitative estimate of drug-likeness (QED) is 0.353. The van der Waals surface area contributed by atoms with Gasteiger partial charge in [-0.15, -0.1) is 0 Å². The normalized spacial score (nSPS) is 20.2. The summed E-state index contributed by atoms with van der Waals surface area (Å²) in [5, 5.41) is 0. The predicted octanol–water partition coefficient (Wildman–Crippen LogP) is 2.57. The van der Waals surface area contributed by atoms with Gasteiger partial charge in [-0.1, -0.05) is 11.6 Å². The molecule has 6 heteroatoms. The van der Waals surface area contributed by atoms with E-state index in [0.29, 0.717) is 11.3 Å². The molecule has 0 saturated heterocycles. The van der Waals surface area contributed by atoms with E-state index in [1.54, 1.807) is 44.4 Å². The smallest absolute Gasteiger partial charge is 0.323 e. The zero-order valence-electron chi connectivity index (χ0n) is 14.8. The molecule has 0 radical (unpaired) electrons. The predicted molar refractivity (Wildman–Crippen MR) is 90.3 cm³/mol. The Kier molecular flexibility index (Phi) is 5.62. The second-order valence-electron chi connectivity index (χ2n) is 5.96. The molecule has 0 spiro atoms. The highest BCUT2D eigenvalue weighted by molar-refractivity contribution is 6.05. The fourth-order valence-electron chi connectivity index (χ4n) is 3.33. The van der Waals surface area contributed by atoms with Gasteiger partial charge in [-0.2, -0.15) is 0 Å². The maximum absolute atomic E-state index is 12.9. The van der Waals surface area contributed by atoms with E-state index < -0.39 is 23.3 Å². The van der Waals surface area contributed by atoms with Crippen LogP contribution in [0.15, 0.2) is 35.9 Å². The molecule has 25 heavy (non-hydrogen) atoms. The Bertz CT molecular complexity index is 685. The summed E-state index contributed by atoms with van der Waals surface area (Å²) >= 11 is 0.